The van der Waals surface area contributed by atoms with Gasteiger partial charge < -0.3 is 0 Å². The van der Waals surface area contributed by atoms with Crippen molar-refractivity contribution in [3.05, 3.63) is 30.3 Å². The van der Waals surface area contributed by atoms with Crippen LogP contribution in [0.25, 0.3) is 0 Å². The summed E-state index contributed by atoms with van der Waals surface area (Å²) in [5.41, 5.74) is 0. The highest BCUT2D eigenvalue weighted by molar-refractivity contribution is 7.89. The molecule has 1 aromatic rings. The van der Waals surface area contributed by atoms with Gasteiger partial charge in [-0.3, -0.25) is 0 Å². The molecule has 1 unspecified atom stereocenters. The van der Waals surface area contributed by atoms with Crippen LogP contribution in [0.2, 0.25) is 0 Å². The van der Waals surface area contributed by atoms with Gasteiger partial charge in [-0.2, -0.15) is 4.72 Å². The summed E-state index contributed by atoms with van der Waals surface area (Å²) >= 11 is 0. The summed E-state index contributed by atoms with van der Waals surface area (Å²) in [5.74, 6) is 0. The molecule has 0 spiro atoms. The van der Waals surface area contributed by atoms with E-state index < -0.39 is 16.3 Å². The van der Waals surface area contributed by atoms with Gasteiger partial charge in [0.05, 0.1) is 4.90 Å². The van der Waals surface area contributed by atoms with Gasteiger partial charge >= 0.3 is 0 Å². The molecule has 1 radical (unpaired) electrons. The summed E-state index contributed by atoms with van der Waals surface area (Å²) in [4.78, 5) is 0.109. The van der Waals surface area contributed by atoms with Crippen molar-refractivity contribution in [2.45, 2.75) is 18.0 Å². The van der Waals surface area contributed by atoms with Gasteiger partial charge in [-0.25, -0.2) is 13.5 Å². The maximum Gasteiger partial charge on any atom is 0.242 e. The zero-order valence-electron chi connectivity index (χ0n) is 7.10. The minimum absolute atomic E-state index is 0.109. The van der Waals surface area contributed by atoms with E-state index in [-0.39, 0.29) is 4.90 Å². The Morgan fingerprint density at radius 3 is 2.23 bits per heavy atom. The van der Waals surface area contributed by atoms with Crippen LogP contribution in [0.4, 0.5) is 0 Å². The van der Waals surface area contributed by atoms with E-state index in [1.165, 1.54) is 19.1 Å². The van der Waals surface area contributed by atoms with E-state index in [2.05, 4.69) is 0 Å². The molecule has 71 valence electrons. The molecule has 1 aromatic carbocycles. The van der Waals surface area contributed by atoms with E-state index in [4.69, 9.17) is 0 Å². The van der Waals surface area contributed by atoms with Crippen molar-refractivity contribution in [1.29, 1.82) is 0 Å². The first kappa shape index (κ1) is 10.2. The van der Waals surface area contributed by atoms with Crippen molar-refractivity contribution in [2.24, 2.45) is 0 Å². The number of hydrogen-bond acceptors (Lipinski definition) is 2. The summed E-state index contributed by atoms with van der Waals surface area (Å²) < 4.78 is 24.6. The Kier molecular flexibility index (Phi) is 3.02. The molecular weight excluding hydrogens is 190 g/mol. The highest BCUT2D eigenvalue weighted by Crippen LogP contribution is 2.07. The van der Waals surface area contributed by atoms with Crippen molar-refractivity contribution in [1.82, 2.24) is 4.72 Å². The van der Waals surface area contributed by atoms with Crippen LogP contribution in [0.5, 0.6) is 0 Å². The minimum Gasteiger partial charge on any atom is -0.215 e. The van der Waals surface area contributed by atoms with Crippen molar-refractivity contribution in [3.63, 3.8) is 0 Å². The average molecular weight is 200 g/mol. The summed E-state index contributed by atoms with van der Waals surface area (Å²) in [6, 6.07) is 7.78. The van der Waals surface area contributed by atoms with Gasteiger partial charge in [0, 0.05) is 0 Å². The fraction of sp³-hybridized carbons (Fsp3) is 0.250. The number of hydrogen-bond donors (Lipinski definition) is 1. The third kappa shape index (κ3) is 2.80. The number of benzene rings is 1. The summed E-state index contributed by atoms with van der Waals surface area (Å²) in [6.45, 7) is 1.24. The van der Waals surface area contributed by atoms with E-state index in [9.17, 15) is 13.5 Å². The molecule has 4 nitrogen and oxygen atoms in total. The molecule has 0 amide bonds. The molecule has 0 bridgehead atoms. The zero-order chi connectivity index (χ0) is 9.90. The van der Waals surface area contributed by atoms with Crippen LogP contribution >= 0.6 is 0 Å². The van der Waals surface area contributed by atoms with Crippen molar-refractivity contribution < 1.29 is 13.5 Å². The topological polar surface area (TPSA) is 66.1 Å². The first-order valence-corrected chi connectivity index (χ1v) is 5.24. The Balaban J connectivity index is 2.96. The number of sulfonamides is 1. The quantitative estimate of drug-likeness (QED) is 0.731. The van der Waals surface area contributed by atoms with Crippen LogP contribution in [0.3, 0.4) is 0 Å². The van der Waals surface area contributed by atoms with Crippen molar-refractivity contribution in [2.75, 3.05) is 0 Å². The van der Waals surface area contributed by atoms with Gasteiger partial charge in [-0.15, -0.1) is 0 Å². The molecule has 0 aliphatic carbocycles. The van der Waals surface area contributed by atoms with E-state index in [1.54, 1.807) is 18.2 Å². The molecule has 1 N–H and O–H groups in total. The Labute approximate surface area is 77.3 Å². The lowest BCUT2D eigenvalue weighted by Gasteiger charge is -2.06. The lowest BCUT2D eigenvalue weighted by Crippen LogP contribution is -2.31. The van der Waals surface area contributed by atoms with Gasteiger partial charge in [0.25, 0.3) is 0 Å². The molecule has 0 aliphatic heterocycles. The monoisotopic (exact) mass is 200 g/mol. The van der Waals surface area contributed by atoms with Gasteiger partial charge in [0.2, 0.25) is 10.0 Å². The molecule has 1 atom stereocenters. The predicted molar refractivity (Wildman–Crippen MR) is 46.9 cm³/mol. The first-order chi connectivity index (χ1) is 6.02. The SMILES string of the molecule is CC([O])NS(=O)(=O)c1ccccc1. The van der Waals surface area contributed by atoms with Crippen LogP contribution in [-0.2, 0) is 15.1 Å². The van der Waals surface area contributed by atoms with Crippen molar-refractivity contribution in [3.8, 4) is 0 Å². The van der Waals surface area contributed by atoms with Crippen LogP contribution in [0, 0.1) is 0 Å². The fourth-order valence-corrected chi connectivity index (χ4v) is 1.97. The lowest BCUT2D eigenvalue weighted by atomic mass is 10.4. The van der Waals surface area contributed by atoms with Crippen LogP contribution in [-0.4, -0.2) is 14.6 Å². The Hall–Kier alpha value is -0.910. The molecule has 0 saturated carbocycles. The maximum atomic E-state index is 11.3. The van der Waals surface area contributed by atoms with Crippen LogP contribution in [0.15, 0.2) is 35.2 Å². The largest absolute Gasteiger partial charge is 0.242 e. The van der Waals surface area contributed by atoms with Crippen LogP contribution in [0.1, 0.15) is 6.92 Å². The van der Waals surface area contributed by atoms with Gasteiger partial charge in [0.1, 0.15) is 0 Å². The summed E-state index contributed by atoms with van der Waals surface area (Å²) in [5, 5.41) is 10.6. The Morgan fingerprint density at radius 2 is 1.77 bits per heavy atom. The van der Waals surface area contributed by atoms with E-state index in [0.29, 0.717) is 0 Å². The average Bonchev–Trinajstić information content (AvgIpc) is 2.04. The van der Waals surface area contributed by atoms with E-state index in [1.807, 2.05) is 4.72 Å². The predicted octanol–water partition coefficient (Wildman–Crippen LogP) is 0.741. The van der Waals surface area contributed by atoms with E-state index >= 15 is 0 Å². The maximum absolute atomic E-state index is 11.3. The first-order valence-electron chi connectivity index (χ1n) is 3.75. The van der Waals surface area contributed by atoms with Gasteiger partial charge in [0.15, 0.2) is 6.23 Å². The highest BCUT2D eigenvalue weighted by Gasteiger charge is 2.15. The Morgan fingerprint density at radius 1 is 1.23 bits per heavy atom. The molecule has 0 aliphatic rings. The molecule has 1 rings (SSSR count). The molecule has 5 heteroatoms. The second-order valence-electron chi connectivity index (χ2n) is 2.58. The second-order valence-corrected chi connectivity index (χ2v) is 4.29. The standard InChI is InChI=1S/C8H10NO3S/c1-7(10)9-13(11,12)8-5-3-2-4-6-8/h2-7,9H,1H3. The summed E-state index contributed by atoms with van der Waals surface area (Å²) in [6.07, 6.45) is -1.33. The van der Waals surface area contributed by atoms with Crippen LogP contribution < -0.4 is 4.72 Å². The smallest absolute Gasteiger partial charge is 0.215 e. The molecular formula is C8H10NO3S. The second kappa shape index (κ2) is 3.87. The minimum atomic E-state index is -3.62. The number of nitrogens with one attached hydrogen (secondary N) is 1. The van der Waals surface area contributed by atoms with Gasteiger partial charge in [-0.1, -0.05) is 18.2 Å². The van der Waals surface area contributed by atoms with Gasteiger partial charge in [-0.05, 0) is 19.1 Å². The van der Waals surface area contributed by atoms with Crippen molar-refractivity contribution >= 4 is 10.0 Å². The lowest BCUT2D eigenvalue weighted by molar-refractivity contribution is 0.0962. The molecule has 13 heavy (non-hydrogen) atoms. The van der Waals surface area contributed by atoms with E-state index in [0.717, 1.165) is 0 Å². The third-order valence-electron chi connectivity index (χ3n) is 1.37. The molecule has 0 aromatic heterocycles. The highest BCUT2D eigenvalue weighted by atomic mass is 32.2. The molecule has 0 heterocycles. The zero-order valence-corrected chi connectivity index (χ0v) is 7.91. The molecule has 0 fully saturated rings. The fourth-order valence-electron chi connectivity index (χ4n) is 0.886. The summed E-state index contributed by atoms with van der Waals surface area (Å²) in [7, 11) is -3.62. The number of rotatable bonds is 3. The normalized spacial score (nSPS) is 14.0. The third-order valence-corrected chi connectivity index (χ3v) is 2.91. The Bertz CT molecular complexity index is 358. The molecule has 0 saturated heterocycles.